The van der Waals surface area contributed by atoms with Gasteiger partial charge in [0.05, 0.1) is 73.5 Å². The Morgan fingerprint density at radius 2 is 1.59 bits per heavy atom. The Morgan fingerprint density at radius 3 is 2.26 bits per heavy atom. The summed E-state index contributed by atoms with van der Waals surface area (Å²) in [5, 5.41) is 44.7. The van der Waals surface area contributed by atoms with Crippen LogP contribution in [0.5, 0.6) is 5.75 Å². The van der Waals surface area contributed by atoms with Crippen LogP contribution < -0.4 is 37.1 Å². The summed E-state index contributed by atoms with van der Waals surface area (Å²) in [7, 11) is -1.00. The second-order valence-electron chi connectivity index (χ2n) is 21.2. The molecule has 2 aromatic rings. The monoisotopic (exact) mass is 1180 g/mol. The number of rotatable bonds is 18. The van der Waals surface area contributed by atoms with Gasteiger partial charge in [-0.2, -0.15) is 11.8 Å². The zero-order valence-electron chi connectivity index (χ0n) is 46.2. The average Bonchev–Trinajstić information content (AvgIpc) is 4.33. The maximum atomic E-state index is 15.3. The van der Waals surface area contributed by atoms with E-state index in [1.54, 1.807) is 26.0 Å². The molecule has 11 atom stereocenters. The fourth-order valence-corrected chi connectivity index (χ4v) is 12.8. The summed E-state index contributed by atoms with van der Waals surface area (Å²) in [6, 6.07) is -3.74. The number of carbonyl (C=O) groups excluding carboxylic acids is 12. The molecule has 6 rings (SSSR count). The molecule has 26 nitrogen and oxygen atoms in total. The van der Waals surface area contributed by atoms with Gasteiger partial charge in [0.2, 0.25) is 41.4 Å². The fraction of sp³-hybridized carbons (Fsp3) is 0.593. The lowest BCUT2D eigenvalue weighted by molar-refractivity contribution is -0.144. The van der Waals surface area contributed by atoms with Gasteiger partial charge in [-0.3, -0.25) is 66.6 Å². The number of nitrogens with two attached hydrogens (primary N) is 1. The van der Waals surface area contributed by atoms with Crippen molar-refractivity contribution in [3.63, 3.8) is 0 Å². The summed E-state index contributed by atoms with van der Waals surface area (Å²) in [6.07, 6.45) is -1.97. The number of ketones is 3. The first-order chi connectivity index (χ1) is 39.0. The minimum atomic E-state index is -2.42. The molecule has 5 heterocycles. The molecule has 1 saturated heterocycles. The highest BCUT2D eigenvalue weighted by Gasteiger charge is 2.45. The van der Waals surface area contributed by atoms with Gasteiger partial charge in [0, 0.05) is 91.8 Å². The molecule has 1 aromatic carbocycles. The van der Waals surface area contributed by atoms with Crippen LogP contribution in [0.1, 0.15) is 89.7 Å². The lowest BCUT2D eigenvalue weighted by atomic mass is 9.85. The van der Waals surface area contributed by atoms with E-state index in [2.05, 4.69) is 31.6 Å². The Kier molecular flexibility index (Phi) is 23.0. The molecule has 4 aliphatic heterocycles. The van der Waals surface area contributed by atoms with Crippen molar-refractivity contribution in [3.8, 4) is 5.75 Å². The number of aromatic amines is 1. The SMILES string of the molecule is CC[C@H](C)[C@@H]1CC(=O)CNC(=O)[C@H]2CC(=O)[C@H]([C@@H](C)[C@@H](O)CO)NC(=O)[C@@H]3C[C@@H](O)CN3C(=O)[C@H](CC(N)=O)NC(=O)[C@H](CS(=O)c3[nH]c4c(CSCCCC(=O)CCCN5C(=O)C=CC5=O)c(OC)ccc4c3C2)NC(=O)CNC1=O. The third-order valence-corrected chi connectivity index (χ3v) is 17.9. The first-order valence-electron chi connectivity index (χ1n) is 27.2. The molecule has 448 valence electrons. The maximum absolute atomic E-state index is 15.3. The summed E-state index contributed by atoms with van der Waals surface area (Å²) in [6.45, 7) is 2.17. The van der Waals surface area contributed by atoms with Crippen molar-refractivity contribution in [3.05, 3.63) is 35.4 Å². The maximum Gasteiger partial charge on any atom is 0.253 e. The number of hydrogen-bond acceptors (Lipinski definition) is 18. The molecule has 1 unspecified atom stereocenters. The van der Waals surface area contributed by atoms with E-state index in [4.69, 9.17) is 10.5 Å². The molecular formula is C54H73N9O17S2. The van der Waals surface area contributed by atoms with Gasteiger partial charge in [0.25, 0.3) is 11.8 Å². The molecule has 11 N–H and O–H groups in total. The van der Waals surface area contributed by atoms with Gasteiger partial charge in [-0.1, -0.05) is 27.2 Å². The fourth-order valence-electron chi connectivity index (χ4n) is 10.5. The summed E-state index contributed by atoms with van der Waals surface area (Å²) in [4.78, 5) is 169. The van der Waals surface area contributed by atoms with Gasteiger partial charge in [0.15, 0.2) is 11.6 Å². The molecule has 1 fully saturated rings. The van der Waals surface area contributed by atoms with E-state index in [1.165, 1.54) is 37.9 Å². The molecule has 4 aliphatic rings. The number of H-pyrrole nitrogens is 1. The summed E-state index contributed by atoms with van der Waals surface area (Å²) >= 11 is 1.42. The van der Waals surface area contributed by atoms with Crippen LogP contribution in [0.3, 0.4) is 0 Å². The number of benzene rings is 1. The van der Waals surface area contributed by atoms with Crippen LogP contribution in [0.2, 0.25) is 0 Å². The second-order valence-corrected chi connectivity index (χ2v) is 23.7. The molecule has 9 amide bonds. The van der Waals surface area contributed by atoms with Crippen molar-refractivity contribution in [2.24, 2.45) is 29.4 Å². The highest BCUT2D eigenvalue weighted by Crippen LogP contribution is 2.37. The third kappa shape index (κ3) is 16.2. The number of hydrogen-bond donors (Lipinski definition) is 10. The van der Waals surface area contributed by atoms with Crippen molar-refractivity contribution in [2.45, 2.75) is 132 Å². The number of nitrogens with zero attached hydrogens (tertiary/aromatic N) is 2. The van der Waals surface area contributed by atoms with Crippen LogP contribution in [0.25, 0.3) is 10.9 Å². The number of imide groups is 1. The lowest BCUT2D eigenvalue weighted by Gasteiger charge is -2.32. The summed E-state index contributed by atoms with van der Waals surface area (Å²) in [5.41, 5.74) is 6.61. The quantitative estimate of drug-likeness (QED) is 0.0562. The molecular weight excluding hydrogens is 1110 g/mol. The van der Waals surface area contributed by atoms with Gasteiger partial charge in [-0.25, -0.2) is 0 Å². The van der Waals surface area contributed by atoms with Crippen molar-refractivity contribution in [1.82, 2.24) is 41.4 Å². The van der Waals surface area contributed by atoms with E-state index in [1.807, 2.05) is 0 Å². The van der Waals surface area contributed by atoms with Crippen molar-refractivity contribution >= 4 is 104 Å². The van der Waals surface area contributed by atoms with Gasteiger partial charge in [0.1, 0.15) is 34.7 Å². The standard InChI is InChI=1S/C54H73N9O17S2/c1-5-27(2)34-18-31(66)21-56-49(74)29-16-35-33-10-11-42(80-4)36(25-81-15-7-9-30(65)8-6-14-62-45(72)12-13-46(62)73)48(33)61-53(35)82(79)26-38(58-44(71)22-57-50(34)75)51(76)59-37(20-43(55)70)54(78)63-23-32(67)19-39(63)52(77)60-47(40(68)17-29)28(3)41(69)24-64/h10-13,27-29,32,34,37-39,41,47,61,64,67,69H,5-9,14-26H2,1-4H3,(H2,55,70)(H,56,74)(H,57,75)(H,58,71)(H,59,76)(H,60,77)/t27-,28-,29+,32+,34-,37-,38-,39-,41-,47-,82?/m0/s1. The zero-order chi connectivity index (χ0) is 60.1. The average molecular weight is 1180 g/mol. The molecule has 1 aromatic heterocycles. The Hall–Kier alpha value is -6.88. The minimum absolute atomic E-state index is 0.0681. The number of amides is 9. The minimum Gasteiger partial charge on any atom is -0.496 e. The van der Waals surface area contributed by atoms with E-state index < -0.39 is 200 Å². The van der Waals surface area contributed by atoms with Gasteiger partial charge in [-0.05, 0) is 48.6 Å². The zero-order valence-corrected chi connectivity index (χ0v) is 47.8. The topological polar surface area (TPSA) is 400 Å². The highest BCUT2D eigenvalue weighted by atomic mass is 32.2. The number of nitrogens with one attached hydrogen (secondary N) is 6. The predicted molar refractivity (Wildman–Crippen MR) is 295 cm³/mol. The smallest absolute Gasteiger partial charge is 0.253 e. The number of aliphatic hydroxyl groups excluding tert-OH is 3. The Balaban J connectivity index is 1.47. The number of methoxy groups -OCH3 is 1. The van der Waals surface area contributed by atoms with Crippen LogP contribution in [0.15, 0.2) is 29.3 Å². The number of Topliss-reactive ketones (excluding diaryl/α,β-unsaturated/α-hetero) is 3. The number of primary amides is 1. The van der Waals surface area contributed by atoms with Gasteiger partial charge < -0.3 is 62.3 Å². The number of aliphatic hydroxyl groups is 3. The van der Waals surface area contributed by atoms with Crippen molar-refractivity contribution in [1.29, 1.82) is 0 Å². The number of fused-ring (bicyclic) bond motifs is 5. The number of carbonyl (C=O) groups is 12. The Bertz CT molecular complexity index is 2860. The van der Waals surface area contributed by atoms with Crippen LogP contribution in [-0.2, 0) is 80.5 Å². The molecule has 82 heavy (non-hydrogen) atoms. The van der Waals surface area contributed by atoms with E-state index in [9.17, 15) is 72.9 Å². The molecule has 0 saturated carbocycles. The summed E-state index contributed by atoms with van der Waals surface area (Å²) < 4.78 is 21.1. The van der Waals surface area contributed by atoms with Crippen molar-refractivity contribution in [2.75, 3.05) is 51.4 Å². The van der Waals surface area contributed by atoms with Crippen LogP contribution in [0, 0.1) is 23.7 Å². The summed E-state index contributed by atoms with van der Waals surface area (Å²) in [5.74, 6) is -13.3. The highest BCUT2D eigenvalue weighted by molar-refractivity contribution is 7.98. The van der Waals surface area contributed by atoms with Crippen LogP contribution in [0.4, 0.5) is 0 Å². The first-order valence-corrected chi connectivity index (χ1v) is 29.7. The molecule has 0 radical (unpaired) electrons. The molecule has 2 bridgehead atoms. The third-order valence-electron chi connectivity index (χ3n) is 15.4. The number of thioether (sulfide) groups is 1. The Morgan fingerprint density at radius 1 is 0.890 bits per heavy atom. The van der Waals surface area contributed by atoms with Gasteiger partial charge in [-0.15, -0.1) is 0 Å². The Labute approximate surface area is 479 Å². The normalized spacial score (nSPS) is 25.8. The van der Waals surface area contributed by atoms with Gasteiger partial charge >= 0.3 is 0 Å². The predicted octanol–water partition coefficient (Wildman–Crippen LogP) is -2.15. The van der Waals surface area contributed by atoms with Crippen LogP contribution in [-0.4, -0.2) is 193 Å². The van der Waals surface area contributed by atoms with E-state index in [-0.39, 0.29) is 41.5 Å². The molecule has 0 aliphatic carbocycles. The lowest BCUT2D eigenvalue weighted by Crippen LogP contribution is -2.60. The first kappa shape index (κ1) is 64.3. The van der Waals surface area contributed by atoms with E-state index >= 15 is 4.21 Å². The van der Waals surface area contributed by atoms with Crippen LogP contribution >= 0.6 is 11.8 Å². The van der Waals surface area contributed by atoms with E-state index in [0.717, 1.165) is 9.80 Å². The largest absolute Gasteiger partial charge is 0.496 e. The molecule has 0 spiro atoms. The molecule has 28 heteroatoms. The number of ether oxygens (including phenoxy) is 1. The number of aromatic nitrogens is 1. The van der Waals surface area contributed by atoms with E-state index in [0.29, 0.717) is 47.2 Å². The van der Waals surface area contributed by atoms with Crippen molar-refractivity contribution < 1.29 is 81.8 Å². The second kappa shape index (κ2) is 29.4.